The molecule has 20 heavy (non-hydrogen) atoms. The molecule has 1 N–H and O–H groups in total. The van der Waals surface area contributed by atoms with E-state index in [1.165, 1.54) is 0 Å². The summed E-state index contributed by atoms with van der Waals surface area (Å²) in [5.74, 6) is 0.237. The molecule has 0 spiro atoms. The van der Waals surface area contributed by atoms with Gasteiger partial charge in [-0.2, -0.15) is 13.2 Å². The van der Waals surface area contributed by atoms with Crippen LogP contribution in [0.2, 0.25) is 0 Å². The van der Waals surface area contributed by atoms with Gasteiger partial charge in [-0.15, -0.1) is 11.3 Å². The van der Waals surface area contributed by atoms with Gasteiger partial charge in [0.05, 0.1) is 5.01 Å². The summed E-state index contributed by atoms with van der Waals surface area (Å²) >= 11 is 0.967. The minimum Gasteiger partial charge on any atom is -0.356 e. The maximum atomic E-state index is 12.3. The number of halogens is 3. The Morgan fingerprint density at radius 2 is 2.30 bits per heavy atom. The molecule has 7 heteroatoms. The van der Waals surface area contributed by atoms with Gasteiger partial charge >= 0.3 is 6.18 Å². The standard InChI is InChI=1S/C13H15F3N2OS/c14-13(15,16)10-8-20-12(18-10)5-6-17-11(19)7-9-3-1-2-4-9/h1,3,8-9H,2,4-7H2,(H,17,19)/t9-/m1/s1. The number of alkyl halides is 3. The zero-order valence-electron chi connectivity index (χ0n) is 10.7. The van der Waals surface area contributed by atoms with Gasteiger partial charge in [0.25, 0.3) is 0 Å². The number of hydrogen-bond donors (Lipinski definition) is 1. The summed E-state index contributed by atoms with van der Waals surface area (Å²) in [6, 6.07) is 0. The third-order valence-corrected chi connectivity index (χ3v) is 3.97. The predicted octanol–water partition coefficient (Wildman–Crippen LogP) is 3.18. The number of amides is 1. The molecule has 0 unspecified atom stereocenters. The van der Waals surface area contributed by atoms with Crippen LogP contribution in [0.25, 0.3) is 0 Å². The van der Waals surface area contributed by atoms with Crippen LogP contribution in [0.4, 0.5) is 13.2 Å². The van der Waals surface area contributed by atoms with Gasteiger partial charge in [-0.05, 0) is 18.8 Å². The van der Waals surface area contributed by atoms with E-state index in [2.05, 4.69) is 16.4 Å². The average molecular weight is 304 g/mol. The first-order valence-corrected chi connectivity index (χ1v) is 7.28. The van der Waals surface area contributed by atoms with Crippen molar-refractivity contribution >= 4 is 17.2 Å². The van der Waals surface area contributed by atoms with E-state index in [0.29, 0.717) is 30.3 Å². The van der Waals surface area contributed by atoms with Gasteiger partial charge in [-0.3, -0.25) is 4.79 Å². The molecule has 0 saturated carbocycles. The number of rotatable bonds is 5. The zero-order valence-corrected chi connectivity index (χ0v) is 11.6. The highest BCUT2D eigenvalue weighted by molar-refractivity contribution is 7.09. The van der Waals surface area contributed by atoms with E-state index >= 15 is 0 Å². The van der Waals surface area contributed by atoms with E-state index in [9.17, 15) is 18.0 Å². The van der Waals surface area contributed by atoms with Gasteiger partial charge in [0.2, 0.25) is 5.91 Å². The average Bonchev–Trinajstić information content (AvgIpc) is 2.98. The molecule has 1 aliphatic rings. The Balaban J connectivity index is 1.71. The molecule has 0 bridgehead atoms. The molecule has 1 aromatic heterocycles. The maximum Gasteiger partial charge on any atom is 0.434 e. The van der Waals surface area contributed by atoms with Crippen LogP contribution in [0.15, 0.2) is 17.5 Å². The molecule has 1 aliphatic carbocycles. The van der Waals surface area contributed by atoms with Crippen LogP contribution in [0.1, 0.15) is 30.0 Å². The van der Waals surface area contributed by atoms with E-state index in [4.69, 9.17) is 0 Å². The molecular formula is C13H15F3N2OS. The first kappa shape index (κ1) is 15.0. The lowest BCUT2D eigenvalue weighted by atomic mass is 10.1. The monoisotopic (exact) mass is 304 g/mol. The third-order valence-electron chi connectivity index (χ3n) is 3.06. The number of nitrogens with one attached hydrogen (secondary N) is 1. The van der Waals surface area contributed by atoms with Crippen molar-refractivity contribution in [3.63, 3.8) is 0 Å². The summed E-state index contributed by atoms with van der Waals surface area (Å²) in [6.07, 6.45) is 2.48. The Morgan fingerprint density at radius 1 is 1.50 bits per heavy atom. The van der Waals surface area contributed by atoms with E-state index in [1.807, 2.05) is 6.08 Å². The maximum absolute atomic E-state index is 12.3. The Hall–Kier alpha value is -1.37. The van der Waals surface area contributed by atoms with Crippen LogP contribution in [0.3, 0.4) is 0 Å². The minimum atomic E-state index is -4.40. The molecule has 0 aromatic carbocycles. The number of hydrogen-bond acceptors (Lipinski definition) is 3. The lowest BCUT2D eigenvalue weighted by molar-refractivity contribution is -0.140. The van der Waals surface area contributed by atoms with Crippen LogP contribution in [-0.4, -0.2) is 17.4 Å². The molecular weight excluding hydrogens is 289 g/mol. The van der Waals surface area contributed by atoms with Crippen molar-refractivity contribution in [2.75, 3.05) is 6.54 Å². The van der Waals surface area contributed by atoms with E-state index in [-0.39, 0.29) is 5.91 Å². The highest BCUT2D eigenvalue weighted by Gasteiger charge is 2.33. The first-order chi connectivity index (χ1) is 9.45. The van der Waals surface area contributed by atoms with Crippen LogP contribution < -0.4 is 5.32 Å². The van der Waals surface area contributed by atoms with Crippen molar-refractivity contribution < 1.29 is 18.0 Å². The normalized spacial score (nSPS) is 18.4. The summed E-state index contributed by atoms with van der Waals surface area (Å²) < 4.78 is 37.0. The van der Waals surface area contributed by atoms with Crippen LogP contribution >= 0.6 is 11.3 Å². The second-order valence-corrected chi connectivity index (χ2v) is 5.64. The van der Waals surface area contributed by atoms with Gasteiger partial charge in [0.1, 0.15) is 0 Å². The fourth-order valence-corrected chi connectivity index (χ4v) is 2.85. The number of carbonyl (C=O) groups is 1. The van der Waals surface area contributed by atoms with Crippen molar-refractivity contribution in [1.82, 2.24) is 10.3 Å². The van der Waals surface area contributed by atoms with Crippen LogP contribution in [0, 0.1) is 5.92 Å². The molecule has 1 heterocycles. The largest absolute Gasteiger partial charge is 0.434 e. The second-order valence-electron chi connectivity index (χ2n) is 4.69. The van der Waals surface area contributed by atoms with Crippen LogP contribution in [-0.2, 0) is 17.4 Å². The van der Waals surface area contributed by atoms with Gasteiger partial charge in [-0.25, -0.2) is 4.98 Å². The fraction of sp³-hybridized carbons (Fsp3) is 0.538. The smallest absolute Gasteiger partial charge is 0.356 e. The molecule has 0 saturated heterocycles. The summed E-state index contributed by atoms with van der Waals surface area (Å²) in [6.45, 7) is 0.320. The SMILES string of the molecule is O=C(C[C@@H]1C=CCC1)NCCc1nc(C(F)(F)F)cs1. The molecule has 0 fully saturated rings. The highest BCUT2D eigenvalue weighted by Crippen LogP contribution is 2.30. The van der Waals surface area contributed by atoms with E-state index < -0.39 is 11.9 Å². The summed E-state index contributed by atoms with van der Waals surface area (Å²) in [4.78, 5) is 15.1. The second kappa shape index (κ2) is 6.39. The Labute approximate surface area is 118 Å². The summed E-state index contributed by atoms with van der Waals surface area (Å²) in [7, 11) is 0. The first-order valence-electron chi connectivity index (χ1n) is 6.40. The van der Waals surface area contributed by atoms with Crippen LogP contribution in [0.5, 0.6) is 0 Å². The summed E-state index contributed by atoms with van der Waals surface area (Å²) in [5, 5.41) is 4.11. The Bertz CT molecular complexity index is 496. The minimum absolute atomic E-state index is 0.0610. The molecule has 1 atom stereocenters. The molecule has 0 radical (unpaired) electrons. The van der Waals surface area contributed by atoms with Crippen molar-refractivity contribution in [3.8, 4) is 0 Å². The topological polar surface area (TPSA) is 42.0 Å². The Kier molecular flexibility index (Phi) is 4.80. The van der Waals surface area contributed by atoms with Gasteiger partial charge in [-0.1, -0.05) is 12.2 Å². The fourth-order valence-electron chi connectivity index (χ4n) is 2.04. The molecule has 1 amide bonds. The van der Waals surface area contributed by atoms with Gasteiger partial charge in [0.15, 0.2) is 5.69 Å². The van der Waals surface area contributed by atoms with Crippen molar-refractivity contribution in [2.24, 2.45) is 5.92 Å². The van der Waals surface area contributed by atoms with Gasteiger partial charge < -0.3 is 5.32 Å². The molecule has 2 rings (SSSR count). The molecule has 3 nitrogen and oxygen atoms in total. The number of aromatic nitrogens is 1. The van der Waals surface area contributed by atoms with Crippen molar-refractivity contribution in [3.05, 3.63) is 28.2 Å². The van der Waals surface area contributed by atoms with Gasteiger partial charge in [0, 0.05) is 24.8 Å². The molecule has 0 aliphatic heterocycles. The van der Waals surface area contributed by atoms with Crippen molar-refractivity contribution in [1.29, 1.82) is 0 Å². The molecule has 110 valence electrons. The number of nitrogens with zero attached hydrogens (tertiary/aromatic N) is 1. The predicted molar refractivity (Wildman–Crippen MR) is 70.3 cm³/mol. The summed E-state index contributed by atoms with van der Waals surface area (Å²) in [5.41, 5.74) is -0.861. The number of thiazole rings is 1. The van der Waals surface area contributed by atoms with Crippen molar-refractivity contribution in [2.45, 2.75) is 31.9 Å². The number of carbonyl (C=O) groups excluding carboxylic acids is 1. The Morgan fingerprint density at radius 3 is 2.90 bits per heavy atom. The lowest BCUT2D eigenvalue weighted by Crippen LogP contribution is -2.27. The highest BCUT2D eigenvalue weighted by atomic mass is 32.1. The van der Waals surface area contributed by atoms with E-state index in [1.54, 1.807) is 0 Å². The third kappa shape index (κ3) is 4.33. The van der Waals surface area contributed by atoms with E-state index in [0.717, 1.165) is 29.6 Å². The quantitative estimate of drug-likeness (QED) is 0.849. The number of allylic oxidation sites excluding steroid dienone is 2. The molecule has 1 aromatic rings. The zero-order chi connectivity index (χ0) is 14.6. The lowest BCUT2D eigenvalue weighted by Gasteiger charge is -2.07.